The Morgan fingerprint density at radius 1 is 1.32 bits per heavy atom. The summed E-state index contributed by atoms with van der Waals surface area (Å²) in [5.41, 5.74) is 8.87. The third-order valence-corrected chi connectivity index (χ3v) is 2.64. The van der Waals surface area contributed by atoms with Crippen LogP contribution in [0.4, 0.5) is 5.69 Å². The third kappa shape index (κ3) is 4.26. The summed E-state index contributed by atoms with van der Waals surface area (Å²) in [7, 11) is 0. The summed E-state index contributed by atoms with van der Waals surface area (Å²) in [4.78, 5) is 23.1. The normalized spacial score (nSPS) is 10.9. The Balaban J connectivity index is 2.92. The van der Waals surface area contributed by atoms with Crippen molar-refractivity contribution in [2.24, 2.45) is 11.6 Å². The van der Waals surface area contributed by atoms with E-state index in [2.05, 4.69) is 10.7 Å². The molecule has 0 unspecified atom stereocenters. The lowest BCUT2D eigenvalue weighted by Crippen LogP contribution is -2.46. The standard InChI is InChI=1S/C13H20N4O2/c1-8-4-5-9(10(6-8)17-15)12(19)16-13(2,3)7-11(14)18/h4-6,17H,7,15H2,1-3H3,(H2,14,18)(H,16,19). The average Bonchev–Trinajstić information content (AvgIpc) is 2.25. The van der Waals surface area contributed by atoms with Crippen molar-refractivity contribution in [3.63, 3.8) is 0 Å². The van der Waals surface area contributed by atoms with Crippen molar-refractivity contribution in [3.05, 3.63) is 29.3 Å². The quantitative estimate of drug-likeness (QED) is 0.462. The smallest absolute Gasteiger partial charge is 0.253 e. The molecule has 1 rings (SSSR count). The van der Waals surface area contributed by atoms with Gasteiger partial charge in [0.05, 0.1) is 11.3 Å². The molecule has 0 radical (unpaired) electrons. The van der Waals surface area contributed by atoms with Crippen LogP contribution in [0.15, 0.2) is 18.2 Å². The Morgan fingerprint density at radius 3 is 2.47 bits per heavy atom. The lowest BCUT2D eigenvalue weighted by atomic mass is 9.99. The molecule has 6 heteroatoms. The molecule has 0 bridgehead atoms. The van der Waals surface area contributed by atoms with Crippen molar-refractivity contribution in [2.45, 2.75) is 32.7 Å². The molecule has 6 nitrogen and oxygen atoms in total. The fourth-order valence-corrected chi connectivity index (χ4v) is 1.83. The van der Waals surface area contributed by atoms with Crippen molar-refractivity contribution >= 4 is 17.5 Å². The van der Waals surface area contributed by atoms with Gasteiger partial charge in [0, 0.05) is 12.0 Å². The van der Waals surface area contributed by atoms with Gasteiger partial charge in [-0.15, -0.1) is 0 Å². The number of anilines is 1. The molecule has 104 valence electrons. The van der Waals surface area contributed by atoms with Gasteiger partial charge in [-0.3, -0.25) is 15.4 Å². The molecule has 1 aromatic carbocycles. The molecule has 0 aliphatic carbocycles. The fraction of sp³-hybridized carbons (Fsp3) is 0.385. The summed E-state index contributed by atoms with van der Waals surface area (Å²) in [5.74, 6) is 4.63. The number of nitrogens with two attached hydrogens (primary N) is 2. The molecule has 0 heterocycles. The largest absolute Gasteiger partial charge is 0.370 e. The summed E-state index contributed by atoms with van der Waals surface area (Å²) in [6.07, 6.45) is 0.0655. The van der Waals surface area contributed by atoms with Crippen LogP contribution in [0.2, 0.25) is 0 Å². The van der Waals surface area contributed by atoms with E-state index < -0.39 is 11.4 Å². The monoisotopic (exact) mass is 264 g/mol. The van der Waals surface area contributed by atoms with Crippen LogP contribution in [0.3, 0.4) is 0 Å². The van der Waals surface area contributed by atoms with Gasteiger partial charge in [-0.1, -0.05) is 6.07 Å². The van der Waals surface area contributed by atoms with Gasteiger partial charge in [-0.05, 0) is 38.5 Å². The highest BCUT2D eigenvalue weighted by Gasteiger charge is 2.24. The van der Waals surface area contributed by atoms with Crippen molar-refractivity contribution in [1.82, 2.24) is 5.32 Å². The second kappa shape index (κ2) is 5.71. The van der Waals surface area contributed by atoms with E-state index in [1.807, 2.05) is 13.0 Å². The predicted molar refractivity (Wildman–Crippen MR) is 74.3 cm³/mol. The Morgan fingerprint density at radius 2 is 1.95 bits per heavy atom. The van der Waals surface area contributed by atoms with E-state index in [1.54, 1.807) is 26.0 Å². The topological polar surface area (TPSA) is 110 Å². The maximum atomic E-state index is 12.2. The zero-order valence-electron chi connectivity index (χ0n) is 11.4. The van der Waals surface area contributed by atoms with E-state index in [1.165, 1.54) is 0 Å². The van der Waals surface area contributed by atoms with E-state index in [9.17, 15) is 9.59 Å². The molecule has 0 aliphatic rings. The maximum absolute atomic E-state index is 12.2. The van der Waals surface area contributed by atoms with E-state index in [-0.39, 0.29) is 12.3 Å². The van der Waals surface area contributed by atoms with E-state index in [0.29, 0.717) is 11.3 Å². The molecular formula is C13H20N4O2. The van der Waals surface area contributed by atoms with Crippen LogP contribution in [0.25, 0.3) is 0 Å². The van der Waals surface area contributed by atoms with Gasteiger partial charge in [0.25, 0.3) is 5.91 Å². The van der Waals surface area contributed by atoms with Gasteiger partial charge >= 0.3 is 0 Å². The van der Waals surface area contributed by atoms with Crippen LogP contribution < -0.4 is 22.3 Å². The number of nitrogens with one attached hydrogen (secondary N) is 2. The summed E-state index contributed by atoms with van der Waals surface area (Å²) >= 11 is 0. The minimum absolute atomic E-state index is 0.0655. The van der Waals surface area contributed by atoms with Crippen molar-refractivity contribution in [3.8, 4) is 0 Å². The molecule has 1 aromatic rings. The number of hydrogen-bond acceptors (Lipinski definition) is 4. The van der Waals surface area contributed by atoms with Crippen LogP contribution >= 0.6 is 0 Å². The van der Waals surface area contributed by atoms with Gasteiger partial charge in [0.2, 0.25) is 5.91 Å². The Kier molecular flexibility index (Phi) is 4.50. The first kappa shape index (κ1) is 15.0. The molecule has 0 saturated carbocycles. The first-order chi connectivity index (χ1) is 8.75. The minimum atomic E-state index is -0.709. The number of rotatable bonds is 5. The second-order valence-corrected chi connectivity index (χ2v) is 5.17. The molecule has 0 saturated heterocycles. The minimum Gasteiger partial charge on any atom is -0.370 e. The zero-order chi connectivity index (χ0) is 14.6. The lowest BCUT2D eigenvalue weighted by Gasteiger charge is -2.25. The van der Waals surface area contributed by atoms with Crippen molar-refractivity contribution in [1.29, 1.82) is 0 Å². The number of carbonyl (C=O) groups is 2. The van der Waals surface area contributed by atoms with Crippen LogP contribution in [0.5, 0.6) is 0 Å². The van der Waals surface area contributed by atoms with E-state index in [4.69, 9.17) is 11.6 Å². The van der Waals surface area contributed by atoms with Crippen LogP contribution in [-0.4, -0.2) is 17.4 Å². The van der Waals surface area contributed by atoms with Crippen molar-refractivity contribution < 1.29 is 9.59 Å². The molecule has 0 atom stereocenters. The van der Waals surface area contributed by atoms with E-state index >= 15 is 0 Å². The second-order valence-electron chi connectivity index (χ2n) is 5.17. The fourth-order valence-electron chi connectivity index (χ4n) is 1.83. The highest BCUT2D eigenvalue weighted by Crippen LogP contribution is 2.18. The third-order valence-electron chi connectivity index (χ3n) is 2.64. The van der Waals surface area contributed by atoms with Crippen LogP contribution in [0, 0.1) is 6.92 Å². The number of aryl methyl sites for hydroxylation is 1. The van der Waals surface area contributed by atoms with Gasteiger partial charge in [-0.2, -0.15) is 0 Å². The maximum Gasteiger partial charge on any atom is 0.253 e. The molecule has 19 heavy (non-hydrogen) atoms. The van der Waals surface area contributed by atoms with Gasteiger partial charge < -0.3 is 16.5 Å². The SMILES string of the molecule is Cc1ccc(C(=O)NC(C)(C)CC(N)=O)c(NN)c1. The lowest BCUT2D eigenvalue weighted by molar-refractivity contribution is -0.119. The van der Waals surface area contributed by atoms with Crippen molar-refractivity contribution in [2.75, 3.05) is 5.43 Å². The first-order valence-corrected chi connectivity index (χ1v) is 5.93. The first-order valence-electron chi connectivity index (χ1n) is 5.93. The van der Waals surface area contributed by atoms with E-state index in [0.717, 1.165) is 5.56 Å². The highest BCUT2D eigenvalue weighted by molar-refractivity contribution is 6.00. The van der Waals surface area contributed by atoms with Crippen LogP contribution in [-0.2, 0) is 4.79 Å². The molecular weight excluding hydrogens is 244 g/mol. The summed E-state index contributed by atoms with van der Waals surface area (Å²) in [6, 6.07) is 5.27. The molecule has 0 aliphatic heterocycles. The van der Waals surface area contributed by atoms with Gasteiger partial charge in [0.1, 0.15) is 0 Å². The summed E-state index contributed by atoms with van der Waals surface area (Å²) in [5, 5.41) is 2.76. The number of primary amides is 1. The predicted octanol–water partition coefficient (Wildman–Crippen LogP) is 0.664. The number of carbonyl (C=O) groups excluding carboxylic acids is 2. The average molecular weight is 264 g/mol. The Bertz CT molecular complexity index is 497. The number of hydrazine groups is 1. The van der Waals surface area contributed by atoms with Gasteiger partial charge in [-0.25, -0.2) is 0 Å². The molecule has 2 amide bonds. The molecule has 0 spiro atoms. The molecule has 0 fully saturated rings. The number of hydrogen-bond donors (Lipinski definition) is 4. The Hall–Kier alpha value is -2.08. The zero-order valence-corrected chi connectivity index (χ0v) is 11.4. The molecule has 0 aromatic heterocycles. The van der Waals surface area contributed by atoms with Gasteiger partial charge in [0.15, 0.2) is 0 Å². The van der Waals surface area contributed by atoms with Crippen LogP contribution in [0.1, 0.15) is 36.2 Å². The summed E-state index contributed by atoms with van der Waals surface area (Å²) in [6.45, 7) is 5.37. The highest BCUT2D eigenvalue weighted by atomic mass is 16.2. The number of benzene rings is 1. The molecule has 6 N–H and O–H groups in total. The summed E-state index contributed by atoms with van der Waals surface area (Å²) < 4.78 is 0. The Labute approximate surface area is 112 Å². The number of nitrogen functional groups attached to an aromatic ring is 1. The number of amides is 2.